The van der Waals surface area contributed by atoms with E-state index in [2.05, 4.69) is 70.9 Å². The molecule has 2 rings (SSSR count). The van der Waals surface area contributed by atoms with Crippen molar-refractivity contribution < 1.29 is 4.79 Å². The first kappa shape index (κ1) is 18.8. The molecular weight excluding hydrogens is 411 g/mol. The van der Waals surface area contributed by atoms with Crippen LogP contribution < -0.4 is 10.2 Å². The van der Waals surface area contributed by atoms with Crippen LogP contribution in [0.25, 0.3) is 0 Å². The van der Waals surface area contributed by atoms with E-state index in [1.54, 1.807) is 0 Å². The predicted octanol–water partition coefficient (Wildman–Crippen LogP) is 4.55. The molecule has 0 unspecified atom stereocenters. The van der Waals surface area contributed by atoms with Crippen LogP contribution in [0.1, 0.15) is 34.8 Å². The van der Waals surface area contributed by atoms with Crippen molar-refractivity contribution in [2.24, 2.45) is 0 Å². The summed E-state index contributed by atoms with van der Waals surface area (Å²) in [6, 6.07) is 14.5. The zero-order chi connectivity index (χ0) is 17.5. The minimum Gasteiger partial charge on any atom is -0.372 e. The maximum absolute atomic E-state index is 12.3. The molecule has 0 aliphatic carbocycles. The van der Waals surface area contributed by atoms with Crippen LogP contribution in [0, 0.1) is 17.4 Å². The number of halogens is 1. The Morgan fingerprint density at radius 2 is 1.75 bits per heavy atom. The molecule has 1 amide bonds. The highest BCUT2D eigenvalue weighted by atomic mass is 127. The van der Waals surface area contributed by atoms with Gasteiger partial charge in [0.05, 0.1) is 5.56 Å². The predicted molar refractivity (Wildman–Crippen MR) is 110 cm³/mol. The van der Waals surface area contributed by atoms with Gasteiger partial charge in [0, 0.05) is 28.9 Å². The van der Waals surface area contributed by atoms with Gasteiger partial charge in [0.2, 0.25) is 0 Å². The van der Waals surface area contributed by atoms with Gasteiger partial charge in [0.25, 0.3) is 5.91 Å². The molecule has 0 spiro atoms. The van der Waals surface area contributed by atoms with Gasteiger partial charge in [-0.1, -0.05) is 29.3 Å². The highest BCUT2D eigenvalue weighted by molar-refractivity contribution is 14.1. The largest absolute Gasteiger partial charge is 0.372 e. The third-order valence-corrected chi connectivity index (χ3v) is 4.93. The number of aryl methyl sites for hydroxylation is 2. The summed E-state index contributed by atoms with van der Waals surface area (Å²) in [5, 5.41) is 3.03. The molecule has 0 aromatic heterocycles. The van der Waals surface area contributed by atoms with E-state index >= 15 is 0 Å². The van der Waals surface area contributed by atoms with Crippen LogP contribution in [0.3, 0.4) is 0 Å². The van der Waals surface area contributed by atoms with E-state index in [0.717, 1.165) is 28.6 Å². The minimum atomic E-state index is 0.0118. The Bertz CT molecular complexity index is 683. The molecule has 1 N–H and O–H groups in total. The van der Waals surface area contributed by atoms with Crippen molar-refractivity contribution in [3.63, 3.8) is 0 Å². The summed E-state index contributed by atoms with van der Waals surface area (Å²) >= 11 is 2.22. The van der Waals surface area contributed by atoms with E-state index in [1.807, 2.05) is 25.1 Å². The van der Waals surface area contributed by atoms with Gasteiger partial charge in [0.1, 0.15) is 0 Å². The molecule has 3 nitrogen and oxygen atoms in total. The van der Waals surface area contributed by atoms with Crippen LogP contribution in [0.5, 0.6) is 0 Å². The highest BCUT2D eigenvalue weighted by Gasteiger charge is 2.09. The number of nitrogens with zero attached hydrogens (tertiary/aromatic N) is 1. The maximum Gasteiger partial charge on any atom is 0.252 e. The summed E-state index contributed by atoms with van der Waals surface area (Å²) in [6.45, 7) is 8.88. The molecule has 24 heavy (non-hydrogen) atoms. The Balaban J connectivity index is 1.82. The summed E-state index contributed by atoms with van der Waals surface area (Å²) in [5.74, 6) is 0.0118. The molecule has 0 saturated carbocycles. The first-order chi connectivity index (χ1) is 11.5. The van der Waals surface area contributed by atoms with E-state index in [1.165, 1.54) is 16.8 Å². The number of anilines is 1. The fraction of sp³-hybridized carbons (Fsp3) is 0.350. The number of amides is 1. The van der Waals surface area contributed by atoms with Crippen molar-refractivity contribution in [2.75, 3.05) is 24.5 Å². The average Bonchev–Trinajstić information content (AvgIpc) is 2.56. The topological polar surface area (TPSA) is 32.3 Å². The molecule has 0 aliphatic rings. The standard InChI is InChI=1S/C20H25IN2O/c1-4-23(17-9-6-15(2)7-10-17)13-5-12-22-20(24)18-11-8-16(3)14-19(18)21/h6-11,14H,4-5,12-13H2,1-3H3,(H,22,24). The van der Waals surface area contributed by atoms with Gasteiger partial charge in [-0.3, -0.25) is 4.79 Å². The first-order valence-corrected chi connectivity index (χ1v) is 9.45. The second kappa shape index (κ2) is 9.06. The van der Waals surface area contributed by atoms with Crippen molar-refractivity contribution in [1.82, 2.24) is 5.32 Å². The highest BCUT2D eigenvalue weighted by Crippen LogP contribution is 2.16. The third-order valence-electron chi connectivity index (χ3n) is 4.04. The molecule has 0 bridgehead atoms. The fourth-order valence-corrected chi connectivity index (χ4v) is 3.51. The van der Waals surface area contributed by atoms with Crippen molar-refractivity contribution in [2.45, 2.75) is 27.2 Å². The van der Waals surface area contributed by atoms with Gasteiger partial charge < -0.3 is 10.2 Å². The molecule has 0 aliphatic heterocycles. The summed E-state index contributed by atoms with van der Waals surface area (Å²) in [6.07, 6.45) is 0.926. The van der Waals surface area contributed by atoms with Gasteiger partial charge in [-0.15, -0.1) is 0 Å². The molecular formula is C20H25IN2O. The normalized spacial score (nSPS) is 10.5. The molecule has 0 saturated heterocycles. The van der Waals surface area contributed by atoms with Crippen LogP contribution >= 0.6 is 22.6 Å². The number of rotatable bonds is 7. The van der Waals surface area contributed by atoms with Crippen LogP contribution in [0.4, 0.5) is 5.69 Å². The summed E-state index contributed by atoms with van der Waals surface area (Å²) in [7, 11) is 0. The molecule has 0 fully saturated rings. The monoisotopic (exact) mass is 436 g/mol. The Labute approximate surface area is 158 Å². The van der Waals surface area contributed by atoms with E-state index in [-0.39, 0.29) is 5.91 Å². The SMILES string of the molecule is CCN(CCCNC(=O)c1ccc(C)cc1I)c1ccc(C)cc1. The van der Waals surface area contributed by atoms with Crippen LogP contribution in [0.15, 0.2) is 42.5 Å². The third kappa shape index (κ3) is 5.23. The fourth-order valence-electron chi connectivity index (χ4n) is 2.60. The molecule has 4 heteroatoms. The Hall–Kier alpha value is -1.56. The molecule has 0 heterocycles. The van der Waals surface area contributed by atoms with Crippen molar-refractivity contribution in [3.05, 3.63) is 62.7 Å². The number of hydrogen-bond donors (Lipinski definition) is 1. The Morgan fingerprint density at radius 1 is 1.08 bits per heavy atom. The van der Waals surface area contributed by atoms with E-state index in [0.29, 0.717) is 6.54 Å². The number of nitrogens with one attached hydrogen (secondary N) is 1. The molecule has 2 aromatic rings. The van der Waals surface area contributed by atoms with Crippen LogP contribution in [-0.2, 0) is 0 Å². The van der Waals surface area contributed by atoms with Gasteiger partial charge in [-0.05, 0) is 74.0 Å². The quantitative estimate of drug-likeness (QED) is 0.510. The Morgan fingerprint density at radius 3 is 2.38 bits per heavy atom. The number of carbonyl (C=O) groups is 1. The van der Waals surface area contributed by atoms with E-state index < -0.39 is 0 Å². The number of hydrogen-bond acceptors (Lipinski definition) is 2. The number of carbonyl (C=O) groups excluding carboxylic acids is 1. The van der Waals surface area contributed by atoms with Gasteiger partial charge in [-0.2, -0.15) is 0 Å². The number of benzene rings is 2. The zero-order valence-corrected chi connectivity index (χ0v) is 16.8. The summed E-state index contributed by atoms with van der Waals surface area (Å²) in [5.41, 5.74) is 4.44. The Kier molecular flexibility index (Phi) is 7.09. The zero-order valence-electron chi connectivity index (χ0n) is 14.6. The lowest BCUT2D eigenvalue weighted by Gasteiger charge is -2.23. The first-order valence-electron chi connectivity index (χ1n) is 8.37. The van der Waals surface area contributed by atoms with E-state index in [9.17, 15) is 4.79 Å². The minimum absolute atomic E-state index is 0.0118. The second-order valence-electron chi connectivity index (χ2n) is 6.01. The molecule has 0 radical (unpaired) electrons. The molecule has 128 valence electrons. The smallest absolute Gasteiger partial charge is 0.252 e. The molecule has 2 aromatic carbocycles. The second-order valence-corrected chi connectivity index (χ2v) is 7.17. The van der Waals surface area contributed by atoms with Gasteiger partial charge >= 0.3 is 0 Å². The van der Waals surface area contributed by atoms with Crippen molar-refractivity contribution in [1.29, 1.82) is 0 Å². The summed E-state index contributed by atoms with van der Waals surface area (Å²) in [4.78, 5) is 14.6. The van der Waals surface area contributed by atoms with Crippen molar-refractivity contribution >= 4 is 34.2 Å². The molecule has 0 atom stereocenters. The van der Waals surface area contributed by atoms with Gasteiger partial charge in [0.15, 0.2) is 0 Å². The van der Waals surface area contributed by atoms with E-state index in [4.69, 9.17) is 0 Å². The van der Waals surface area contributed by atoms with Crippen molar-refractivity contribution in [3.8, 4) is 0 Å². The average molecular weight is 436 g/mol. The van der Waals surface area contributed by atoms with Gasteiger partial charge in [-0.25, -0.2) is 0 Å². The maximum atomic E-state index is 12.3. The summed E-state index contributed by atoms with van der Waals surface area (Å²) < 4.78 is 1.000. The lowest BCUT2D eigenvalue weighted by molar-refractivity contribution is 0.0952. The lowest BCUT2D eigenvalue weighted by atomic mass is 10.1. The van der Waals surface area contributed by atoms with Crippen LogP contribution in [0.2, 0.25) is 0 Å². The van der Waals surface area contributed by atoms with Crippen LogP contribution in [-0.4, -0.2) is 25.5 Å². The lowest BCUT2D eigenvalue weighted by Crippen LogP contribution is -2.30.